The average Bonchev–Trinajstić information content (AvgIpc) is 3.14. The van der Waals surface area contributed by atoms with Crippen molar-refractivity contribution in [3.8, 4) is 0 Å². The molecule has 0 aromatic rings. The third-order valence-corrected chi connectivity index (χ3v) is 7.19. The van der Waals surface area contributed by atoms with Gasteiger partial charge in [-0.3, -0.25) is 4.79 Å². The van der Waals surface area contributed by atoms with Crippen LogP contribution < -0.4 is 0 Å². The molecule has 3 rings (SSSR count). The van der Waals surface area contributed by atoms with E-state index in [1.165, 1.54) is 11.1 Å². The molecule has 4 heteroatoms. The Morgan fingerprint density at radius 1 is 1.23 bits per heavy atom. The van der Waals surface area contributed by atoms with Crippen molar-refractivity contribution in [3.63, 3.8) is 0 Å². The van der Waals surface area contributed by atoms with Gasteiger partial charge in [0.25, 0.3) is 0 Å². The van der Waals surface area contributed by atoms with Crippen LogP contribution in [-0.4, -0.2) is 37.0 Å². The molecule has 2 heterocycles. The van der Waals surface area contributed by atoms with Crippen LogP contribution in [0.1, 0.15) is 73.6 Å². The van der Waals surface area contributed by atoms with Crippen molar-refractivity contribution in [1.82, 2.24) is 0 Å². The molecule has 1 unspecified atom stereocenters. The summed E-state index contributed by atoms with van der Waals surface area (Å²) < 4.78 is 18.8. The molecule has 0 saturated carbocycles. The van der Waals surface area contributed by atoms with Crippen LogP contribution in [-0.2, 0) is 19.0 Å². The van der Waals surface area contributed by atoms with Gasteiger partial charge in [-0.05, 0) is 70.9 Å². The smallest absolute Gasteiger partial charge is 0.169 e. The molecule has 0 bridgehead atoms. The highest BCUT2D eigenvalue weighted by Gasteiger charge is 2.67. The molecular weight excluding hydrogens is 388 g/mol. The van der Waals surface area contributed by atoms with E-state index in [2.05, 4.69) is 39.0 Å². The Labute approximate surface area is 188 Å². The fourth-order valence-electron chi connectivity index (χ4n) is 5.54. The van der Waals surface area contributed by atoms with E-state index < -0.39 is 11.4 Å². The van der Waals surface area contributed by atoms with Crippen LogP contribution >= 0.6 is 0 Å². The predicted molar refractivity (Wildman–Crippen MR) is 125 cm³/mol. The zero-order chi connectivity index (χ0) is 22.9. The first-order chi connectivity index (χ1) is 14.5. The van der Waals surface area contributed by atoms with Gasteiger partial charge in [-0.1, -0.05) is 42.4 Å². The summed E-state index contributed by atoms with van der Waals surface area (Å²) in [4.78, 5) is 12.3. The summed E-state index contributed by atoms with van der Waals surface area (Å²) in [5.41, 5.74) is 3.11. The van der Waals surface area contributed by atoms with Gasteiger partial charge in [-0.15, -0.1) is 0 Å². The third-order valence-electron chi connectivity index (χ3n) is 7.19. The second-order valence-corrected chi connectivity index (χ2v) is 10.4. The van der Waals surface area contributed by atoms with Crippen LogP contribution in [0.5, 0.6) is 0 Å². The normalized spacial score (nSPS) is 36.7. The maximum Gasteiger partial charge on any atom is 0.169 e. The van der Waals surface area contributed by atoms with Crippen molar-refractivity contribution >= 4 is 5.78 Å². The molecule has 3 aliphatic rings. The van der Waals surface area contributed by atoms with Crippen LogP contribution in [0.2, 0.25) is 0 Å². The molecule has 5 atom stereocenters. The minimum Gasteiger partial charge on any atom is -0.370 e. The summed E-state index contributed by atoms with van der Waals surface area (Å²) in [7, 11) is 1.71. The van der Waals surface area contributed by atoms with Crippen molar-refractivity contribution in [3.05, 3.63) is 47.1 Å². The third kappa shape index (κ3) is 4.81. The largest absolute Gasteiger partial charge is 0.370 e. The summed E-state index contributed by atoms with van der Waals surface area (Å²) in [6, 6.07) is 0. The van der Waals surface area contributed by atoms with Gasteiger partial charge in [-0.25, -0.2) is 0 Å². The number of hydrogen-bond donors (Lipinski definition) is 0. The van der Waals surface area contributed by atoms with Crippen LogP contribution in [0.3, 0.4) is 0 Å². The van der Waals surface area contributed by atoms with Crippen molar-refractivity contribution in [2.75, 3.05) is 13.7 Å². The second kappa shape index (κ2) is 9.17. The number of carbonyl (C=O) groups excluding carboxylic acids is 1. The highest BCUT2D eigenvalue weighted by molar-refractivity contribution is 5.91. The summed E-state index contributed by atoms with van der Waals surface area (Å²) in [6.45, 7) is 13.2. The molecule has 1 aliphatic carbocycles. The molecule has 0 N–H and O–H groups in total. The lowest BCUT2D eigenvalue weighted by Crippen LogP contribution is -2.53. The highest BCUT2D eigenvalue weighted by atomic mass is 16.7. The maximum atomic E-state index is 12.3. The number of methoxy groups -OCH3 is 1. The fraction of sp³-hybridized carbons (Fsp3) is 0.667. The van der Waals surface area contributed by atoms with E-state index in [1.54, 1.807) is 13.2 Å². The zero-order valence-corrected chi connectivity index (χ0v) is 20.4. The number of ether oxygens (including phenoxy) is 3. The molecule has 0 aromatic carbocycles. The molecule has 2 fully saturated rings. The molecule has 4 nitrogen and oxygen atoms in total. The van der Waals surface area contributed by atoms with Crippen LogP contribution in [0.4, 0.5) is 0 Å². The van der Waals surface area contributed by atoms with E-state index in [0.29, 0.717) is 19.4 Å². The Hall–Kier alpha value is -1.49. The van der Waals surface area contributed by atoms with E-state index in [4.69, 9.17) is 14.2 Å². The number of rotatable bonds is 8. The first-order valence-corrected chi connectivity index (χ1v) is 11.6. The summed E-state index contributed by atoms with van der Waals surface area (Å²) in [5.74, 6) is -0.402. The van der Waals surface area contributed by atoms with Crippen molar-refractivity contribution in [2.24, 2.45) is 11.3 Å². The molecule has 2 saturated heterocycles. The van der Waals surface area contributed by atoms with E-state index >= 15 is 0 Å². The summed E-state index contributed by atoms with van der Waals surface area (Å²) >= 11 is 0. The van der Waals surface area contributed by atoms with E-state index in [-0.39, 0.29) is 23.2 Å². The predicted octanol–water partition coefficient (Wildman–Crippen LogP) is 6.09. The molecule has 172 valence electrons. The van der Waals surface area contributed by atoms with Crippen molar-refractivity contribution in [2.45, 2.75) is 91.1 Å². The van der Waals surface area contributed by atoms with E-state index in [0.717, 1.165) is 24.8 Å². The molecule has 1 spiro atoms. The minimum atomic E-state index is -0.660. The van der Waals surface area contributed by atoms with Gasteiger partial charge < -0.3 is 14.2 Å². The second-order valence-electron chi connectivity index (χ2n) is 10.4. The summed E-state index contributed by atoms with van der Waals surface area (Å²) in [6.07, 6.45) is 14.8. The lowest BCUT2D eigenvalue weighted by Gasteiger charge is -2.50. The molecule has 31 heavy (non-hydrogen) atoms. The average molecular weight is 429 g/mol. The minimum absolute atomic E-state index is 0.0104. The van der Waals surface area contributed by atoms with Crippen LogP contribution in [0, 0.1) is 11.3 Å². The van der Waals surface area contributed by atoms with Crippen LogP contribution in [0.15, 0.2) is 47.1 Å². The van der Waals surface area contributed by atoms with E-state index in [9.17, 15) is 4.79 Å². The molecule has 0 aromatic heterocycles. The maximum absolute atomic E-state index is 12.3. The SMILES string of the molecule is CO[C@@]1(C)C[C@@H]2OCC3=CC[C@](C)(CCC=C(C)C)[C@@H](/C=C/CC(=O)C=C(C)C)C32O1. The first kappa shape index (κ1) is 24.2. The van der Waals surface area contributed by atoms with Crippen molar-refractivity contribution in [1.29, 1.82) is 0 Å². The molecular formula is C27H40O4. The fourth-order valence-corrected chi connectivity index (χ4v) is 5.54. The van der Waals surface area contributed by atoms with Gasteiger partial charge in [0.2, 0.25) is 0 Å². The number of allylic oxidation sites excluding steroid dienone is 6. The molecule has 0 radical (unpaired) electrons. The highest BCUT2D eigenvalue weighted by Crippen LogP contribution is 2.61. The number of ketones is 1. The first-order valence-electron chi connectivity index (χ1n) is 11.6. The van der Waals surface area contributed by atoms with E-state index in [1.807, 2.05) is 26.8 Å². The van der Waals surface area contributed by atoms with Gasteiger partial charge in [0.05, 0.1) is 12.7 Å². The molecule has 2 aliphatic heterocycles. The number of hydrogen-bond acceptors (Lipinski definition) is 4. The quantitative estimate of drug-likeness (QED) is 0.347. The van der Waals surface area contributed by atoms with Gasteiger partial charge in [0.15, 0.2) is 11.6 Å². The Bertz CT molecular complexity index is 811. The number of carbonyl (C=O) groups is 1. The lowest BCUT2D eigenvalue weighted by atomic mass is 9.58. The zero-order valence-electron chi connectivity index (χ0n) is 20.4. The summed E-state index contributed by atoms with van der Waals surface area (Å²) in [5, 5.41) is 0. The topological polar surface area (TPSA) is 44.8 Å². The monoisotopic (exact) mass is 428 g/mol. The Kier molecular flexibility index (Phi) is 7.15. The van der Waals surface area contributed by atoms with Crippen molar-refractivity contribution < 1.29 is 19.0 Å². The van der Waals surface area contributed by atoms with Gasteiger partial charge in [-0.2, -0.15) is 0 Å². The van der Waals surface area contributed by atoms with Crippen LogP contribution in [0.25, 0.3) is 0 Å². The Balaban J connectivity index is 1.97. The molecule has 0 amide bonds. The van der Waals surface area contributed by atoms with Gasteiger partial charge >= 0.3 is 0 Å². The Morgan fingerprint density at radius 2 is 1.97 bits per heavy atom. The lowest BCUT2D eigenvalue weighted by molar-refractivity contribution is -0.236. The van der Waals surface area contributed by atoms with Gasteiger partial charge in [0.1, 0.15) is 5.60 Å². The Morgan fingerprint density at radius 3 is 2.61 bits per heavy atom. The standard InChI is InChI=1S/C27H40O4/c1-19(2)10-9-14-25(5)15-13-21-18-30-24-17-26(6,29-7)31-27(21,24)23(25)12-8-11-22(28)16-20(3)4/h8,10,12-13,16,23-24H,9,11,14-15,17-18H2,1-7H3/b12-8+/t23-,24+,25+,26-,27?/m1/s1. The van der Waals surface area contributed by atoms with Gasteiger partial charge in [0, 0.05) is 25.9 Å².